The molecule has 1 atom stereocenters. The Balaban J connectivity index is 1.59. The van der Waals surface area contributed by atoms with Gasteiger partial charge in [-0.05, 0) is 25.0 Å². The Hall–Kier alpha value is -2.90. The van der Waals surface area contributed by atoms with Crippen molar-refractivity contribution >= 4 is 23.3 Å². The minimum absolute atomic E-state index is 0.210. The van der Waals surface area contributed by atoms with E-state index in [1.165, 1.54) is 16.9 Å². The van der Waals surface area contributed by atoms with Crippen LogP contribution in [0.3, 0.4) is 0 Å². The number of halogens is 1. The summed E-state index contributed by atoms with van der Waals surface area (Å²) in [4.78, 5) is 26.0. The second-order valence-corrected chi connectivity index (χ2v) is 6.00. The van der Waals surface area contributed by atoms with Crippen LogP contribution >= 0.6 is 0 Å². The van der Waals surface area contributed by atoms with Gasteiger partial charge in [-0.25, -0.2) is 4.39 Å². The number of piperidine rings is 1. The Labute approximate surface area is 144 Å². The molecule has 0 saturated carbocycles. The van der Waals surface area contributed by atoms with Crippen molar-refractivity contribution in [2.75, 3.05) is 23.3 Å². The van der Waals surface area contributed by atoms with Crippen LogP contribution in [0, 0.1) is 5.82 Å². The van der Waals surface area contributed by atoms with Crippen LogP contribution in [0.5, 0.6) is 0 Å². The summed E-state index contributed by atoms with van der Waals surface area (Å²) >= 11 is 0. The molecule has 2 aromatic rings. The summed E-state index contributed by atoms with van der Waals surface area (Å²) in [5, 5.41) is 9.16. The lowest BCUT2D eigenvalue weighted by Crippen LogP contribution is -2.50. The number of amides is 2. The van der Waals surface area contributed by atoms with Crippen molar-refractivity contribution in [3.8, 4) is 0 Å². The number of para-hydroxylation sites is 1. The fraction of sp³-hybridized carbons (Fsp3) is 0.353. The highest BCUT2D eigenvalue weighted by Crippen LogP contribution is 2.22. The Kier molecular flexibility index (Phi) is 4.97. The van der Waals surface area contributed by atoms with Gasteiger partial charge in [0.05, 0.1) is 11.9 Å². The van der Waals surface area contributed by atoms with Crippen molar-refractivity contribution in [1.82, 2.24) is 15.1 Å². The van der Waals surface area contributed by atoms with Crippen molar-refractivity contribution in [2.24, 2.45) is 7.05 Å². The second-order valence-electron chi connectivity index (χ2n) is 6.00. The number of rotatable bonds is 3. The number of hydrogen-bond donors (Lipinski definition) is 2. The summed E-state index contributed by atoms with van der Waals surface area (Å²) in [5.74, 6) is -1.30. The van der Waals surface area contributed by atoms with Gasteiger partial charge in [-0.3, -0.25) is 14.3 Å². The number of anilines is 2. The molecule has 3 rings (SSSR count). The maximum Gasteiger partial charge on any atom is 0.314 e. The molecule has 0 aliphatic carbocycles. The Morgan fingerprint density at radius 2 is 2.04 bits per heavy atom. The molecule has 0 bridgehead atoms. The third-order valence-corrected chi connectivity index (χ3v) is 4.22. The minimum Gasteiger partial charge on any atom is -0.367 e. The van der Waals surface area contributed by atoms with Crippen LogP contribution in [0.25, 0.3) is 0 Å². The SMILES string of the molecule is Cn1nccc1NC(=O)C(=O)N[C@H]1CCCN(c2ccccc2F)C1. The Bertz CT molecular complexity index is 776. The molecule has 1 aliphatic rings. The van der Waals surface area contributed by atoms with E-state index in [9.17, 15) is 14.0 Å². The number of benzene rings is 1. The highest BCUT2D eigenvalue weighted by molar-refractivity contribution is 6.39. The van der Waals surface area contributed by atoms with Crippen molar-refractivity contribution < 1.29 is 14.0 Å². The van der Waals surface area contributed by atoms with Crippen molar-refractivity contribution in [3.05, 3.63) is 42.3 Å². The standard InChI is InChI=1S/C17H20FN5O2/c1-22-15(8-9-19-22)21-17(25)16(24)20-12-5-4-10-23(11-12)14-7-3-2-6-13(14)18/h2-3,6-9,12H,4-5,10-11H2,1H3,(H,20,24)(H,21,25)/t12-/m0/s1. The average Bonchev–Trinajstić information content (AvgIpc) is 3.00. The molecule has 8 heteroatoms. The zero-order chi connectivity index (χ0) is 17.8. The van der Waals surface area contributed by atoms with Crippen LogP contribution in [-0.4, -0.2) is 40.7 Å². The molecular formula is C17H20FN5O2. The average molecular weight is 345 g/mol. The van der Waals surface area contributed by atoms with Crippen LogP contribution in [0.1, 0.15) is 12.8 Å². The van der Waals surface area contributed by atoms with E-state index in [1.54, 1.807) is 31.3 Å². The first kappa shape index (κ1) is 16.9. The zero-order valence-corrected chi connectivity index (χ0v) is 13.9. The van der Waals surface area contributed by atoms with Crippen LogP contribution in [-0.2, 0) is 16.6 Å². The van der Waals surface area contributed by atoms with Crippen LogP contribution in [0.4, 0.5) is 15.9 Å². The minimum atomic E-state index is -0.744. The number of aryl methyl sites for hydroxylation is 1. The van der Waals surface area contributed by atoms with E-state index in [-0.39, 0.29) is 11.9 Å². The van der Waals surface area contributed by atoms with Gasteiger partial charge < -0.3 is 15.5 Å². The van der Waals surface area contributed by atoms with Gasteiger partial charge in [-0.15, -0.1) is 0 Å². The third-order valence-electron chi connectivity index (χ3n) is 4.22. The van der Waals surface area contributed by atoms with E-state index < -0.39 is 11.8 Å². The summed E-state index contributed by atoms with van der Waals surface area (Å²) < 4.78 is 15.4. The molecule has 2 heterocycles. The monoisotopic (exact) mass is 345 g/mol. The molecule has 25 heavy (non-hydrogen) atoms. The van der Waals surface area contributed by atoms with E-state index in [0.29, 0.717) is 24.6 Å². The quantitative estimate of drug-likeness (QED) is 0.822. The summed E-state index contributed by atoms with van der Waals surface area (Å²) in [6.07, 6.45) is 3.08. The van der Waals surface area contributed by atoms with Crippen molar-refractivity contribution in [1.29, 1.82) is 0 Å². The van der Waals surface area contributed by atoms with E-state index >= 15 is 0 Å². The number of carbonyl (C=O) groups is 2. The topological polar surface area (TPSA) is 79.3 Å². The molecule has 1 fully saturated rings. The van der Waals surface area contributed by atoms with Gasteiger partial charge in [0, 0.05) is 32.2 Å². The maximum absolute atomic E-state index is 13.9. The van der Waals surface area contributed by atoms with E-state index in [1.807, 2.05) is 4.90 Å². The lowest BCUT2D eigenvalue weighted by Gasteiger charge is -2.34. The molecular weight excluding hydrogens is 325 g/mol. The molecule has 1 aromatic heterocycles. The molecule has 0 spiro atoms. The van der Waals surface area contributed by atoms with E-state index in [4.69, 9.17) is 0 Å². The fourth-order valence-electron chi connectivity index (χ4n) is 2.94. The molecule has 7 nitrogen and oxygen atoms in total. The number of nitrogens with one attached hydrogen (secondary N) is 2. The van der Waals surface area contributed by atoms with Gasteiger partial charge in [0.15, 0.2) is 0 Å². The van der Waals surface area contributed by atoms with E-state index in [0.717, 1.165) is 12.8 Å². The molecule has 1 aromatic carbocycles. The summed E-state index contributed by atoms with van der Waals surface area (Å²) in [6, 6.07) is 7.95. The van der Waals surface area contributed by atoms with E-state index in [2.05, 4.69) is 15.7 Å². The lowest BCUT2D eigenvalue weighted by molar-refractivity contribution is -0.136. The normalized spacial score (nSPS) is 17.2. The van der Waals surface area contributed by atoms with Crippen LogP contribution < -0.4 is 15.5 Å². The molecule has 2 N–H and O–H groups in total. The number of carbonyl (C=O) groups excluding carboxylic acids is 2. The van der Waals surface area contributed by atoms with Crippen LogP contribution in [0.2, 0.25) is 0 Å². The molecule has 0 radical (unpaired) electrons. The van der Waals surface area contributed by atoms with Gasteiger partial charge in [0.2, 0.25) is 0 Å². The Morgan fingerprint density at radius 3 is 2.76 bits per heavy atom. The number of hydrogen-bond acceptors (Lipinski definition) is 4. The largest absolute Gasteiger partial charge is 0.367 e. The highest BCUT2D eigenvalue weighted by Gasteiger charge is 2.25. The molecule has 132 valence electrons. The van der Waals surface area contributed by atoms with Crippen LogP contribution in [0.15, 0.2) is 36.5 Å². The first-order chi connectivity index (χ1) is 12.0. The lowest BCUT2D eigenvalue weighted by atomic mass is 10.0. The third kappa shape index (κ3) is 3.96. The first-order valence-corrected chi connectivity index (χ1v) is 8.14. The van der Waals surface area contributed by atoms with Crippen molar-refractivity contribution in [3.63, 3.8) is 0 Å². The smallest absolute Gasteiger partial charge is 0.314 e. The summed E-state index contributed by atoms with van der Waals surface area (Å²) in [6.45, 7) is 1.18. The molecule has 1 saturated heterocycles. The zero-order valence-electron chi connectivity index (χ0n) is 13.9. The van der Waals surface area contributed by atoms with Gasteiger partial charge in [-0.2, -0.15) is 5.10 Å². The van der Waals surface area contributed by atoms with Gasteiger partial charge in [0.1, 0.15) is 11.6 Å². The fourth-order valence-corrected chi connectivity index (χ4v) is 2.94. The van der Waals surface area contributed by atoms with Gasteiger partial charge in [0.25, 0.3) is 0 Å². The maximum atomic E-state index is 13.9. The predicted octanol–water partition coefficient (Wildman–Crippen LogP) is 1.28. The Morgan fingerprint density at radius 1 is 1.24 bits per heavy atom. The predicted molar refractivity (Wildman–Crippen MR) is 91.6 cm³/mol. The highest BCUT2D eigenvalue weighted by atomic mass is 19.1. The van der Waals surface area contributed by atoms with Gasteiger partial charge in [-0.1, -0.05) is 12.1 Å². The van der Waals surface area contributed by atoms with Crippen molar-refractivity contribution in [2.45, 2.75) is 18.9 Å². The molecule has 0 unspecified atom stereocenters. The first-order valence-electron chi connectivity index (χ1n) is 8.14. The van der Waals surface area contributed by atoms with Gasteiger partial charge >= 0.3 is 11.8 Å². The second kappa shape index (κ2) is 7.33. The molecule has 2 amide bonds. The number of nitrogens with zero attached hydrogens (tertiary/aromatic N) is 3. The molecule has 1 aliphatic heterocycles. The summed E-state index contributed by atoms with van der Waals surface area (Å²) in [7, 11) is 1.67. The number of aromatic nitrogens is 2. The summed E-state index contributed by atoms with van der Waals surface area (Å²) in [5.41, 5.74) is 0.515.